The van der Waals surface area contributed by atoms with Crippen LogP contribution in [0.2, 0.25) is 0 Å². The van der Waals surface area contributed by atoms with Crippen molar-refractivity contribution in [2.45, 2.75) is 174 Å². The first-order valence-corrected chi connectivity index (χ1v) is 24.0. The molecule has 34 heteroatoms. The van der Waals surface area contributed by atoms with Gasteiger partial charge in [0.15, 0.2) is 31.5 Å². The van der Waals surface area contributed by atoms with Crippen LogP contribution in [0.15, 0.2) is 0 Å². The van der Waals surface area contributed by atoms with E-state index in [2.05, 4.69) is 16.0 Å². The fourth-order valence-corrected chi connectivity index (χ4v) is 9.35. The van der Waals surface area contributed by atoms with E-state index in [9.17, 15) is 90.2 Å². The van der Waals surface area contributed by atoms with E-state index < -0.39 is 219 Å². The summed E-state index contributed by atoms with van der Waals surface area (Å²) in [6, 6.07) is -5.22. The molecule has 0 radical (unpaired) electrons. The fourth-order valence-electron chi connectivity index (χ4n) is 8.61. The zero-order valence-electron chi connectivity index (χ0n) is 38.8. The summed E-state index contributed by atoms with van der Waals surface area (Å²) in [5.41, 5.74) is 5.40. The van der Waals surface area contributed by atoms with Crippen LogP contribution >= 0.6 is 7.82 Å². The van der Waals surface area contributed by atoms with E-state index in [1.165, 1.54) is 0 Å². The molecule has 5 aliphatic heterocycles. The van der Waals surface area contributed by atoms with Gasteiger partial charge in [-0.05, 0) is 0 Å². The van der Waals surface area contributed by atoms with Gasteiger partial charge in [0.1, 0.15) is 122 Å². The van der Waals surface area contributed by atoms with Gasteiger partial charge >= 0.3 is 7.82 Å². The molecule has 72 heavy (non-hydrogen) atoms. The highest BCUT2D eigenvalue weighted by Gasteiger charge is 2.57. The standard InChI is InChI=1S/C38H67N4O29P/c1-11(47)40-19-24(52)22(50)14(6-43)64-35(19)68-30-17(9-46)66-36(20(25(30)53)41-12(2)48)69-32-18(10-62-72(59,60)61-5-4-39)67-37(21(26(32)54)42-13(3)49)71-33-23(51)15(7-44)65-38(29(33)57)70-31-16(8-45)63-34(58)28(56)27(31)55/h14-38,43-46,50-58H,4-10,39H2,1-3H3,(H,40,47)(H,41,48)(H,42,49)(H,59,60)/t14-,15-,16-,17-,18-,19-,20-,21-,22+,23-,24-,25-,26-,27-,28-,29+,30+,31-,32-,33+,34-,35-,36+,37+,38+/m1/s1. The number of carbonyl (C=O) groups is 3. The maximum Gasteiger partial charge on any atom is 0.472 e. The highest BCUT2D eigenvalue weighted by molar-refractivity contribution is 7.47. The smallest absolute Gasteiger partial charge is 0.394 e. The highest BCUT2D eigenvalue weighted by atomic mass is 31.2. The summed E-state index contributed by atoms with van der Waals surface area (Å²) < 4.78 is 74.9. The normalized spacial score (nSPS) is 44.6. The van der Waals surface area contributed by atoms with Crippen LogP contribution in [-0.2, 0) is 70.6 Å². The van der Waals surface area contributed by atoms with Gasteiger partial charge in [-0.3, -0.25) is 23.4 Å². The molecule has 26 atom stereocenters. The molecule has 418 valence electrons. The third kappa shape index (κ3) is 14.3. The molecule has 0 aromatic heterocycles. The molecule has 3 amide bonds. The van der Waals surface area contributed by atoms with Gasteiger partial charge in [-0.2, -0.15) is 0 Å². The summed E-state index contributed by atoms with van der Waals surface area (Å²) in [6.07, 6.45) is -41.8. The highest BCUT2D eigenvalue weighted by Crippen LogP contribution is 2.44. The summed E-state index contributed by atoms with van der Waals surface area (Å²) >= 11 is 0. The SMILES string of the molecule is CC(=O)N[C@H]1[C@H](O[C@H]2[C@H](O)[C@@H](NC(C)=O)[C@H](O[C@@H]3[C@H](O)[C@H](O[C@H]4[C@H](O)[C@@H](O)[C@H](O)O[C@@H]4CO)O[C@H](CO)[C@H]3O)O[C@@H]2COP(=O)(O)OCCN)O[C@H](CO)[C@H](O[C@H]2O[C@H](CO)[C@H](O)[C@H](O)[C@H]2NC(C)=O)[C@@H]1O. The quantitative estimate of drug-likeness (QED) is 0.0475. The Labute approximate surface area is 409 Å². The lowest BCUT2D eigenvalue weighted by Gasteiger charge is -2.51. The van der Waals surface area contributed by atoms with Crippen LogP contribution in [-0.4, -0.2) is 289 Å². The van der Waals surface area contributed by atoms with E-state index in [1.807, 2.05) is 0 Å². The van der Waals surface area contributed by atoms with Gasteiger partial charge in [0, 0.05) is 27.3 Å². The zero-order chi connectivity index (χ0) is 53.5. The van der Waals surface area contributed by atoms with Gasteiger partial charge in [-0.15, -0.1) is 0 Å². The van der Waals surface area contributed by atoms with Crippen molar-refractivity contribution in [3.05, 3.63) is 0 Å². The van der Waals surface area contributed by atoms with Crippen LogP contribution in [0.3, 0.4) is 0 Å². The maximum atomic E-state index is 12.9. The number of nitrogens with one attached hydrogen (secondary N) is 3. The Bertz CT molecular complexity index is 1800. The van der Waals surface area contributed by atoms with Crippen molar-refractivity contribution >= 4 is 25.5 Å². The van der Waals surface area contributed by atoms with Crippen molar-refractivity contribution in [3.8, 4) is 0 Å². The molecule has 0 spiro atoms. The molecule has 0 aliphatic carbocycles. The van der Waals surface area contributed by atoms with Crippen molar-refractivity contribution in [2.24, 2.45) is 5.73 Å². The minimum absolute atomic E-state index is 0.258. The lowest BCUT2D eigenvalue weighted by Crippen LogP contribution is -2.71. The van der Waals surface area contributed by atoms with E-state index in [-0.39, 0.29) is 6.54 Å². The van der Waals surface area contributed by atoms with Gasteiger partial charge in [0.05, 0.1) is 39.6 Å². The predicted molar refractivity (Wildman–Crippen MR) is 225 cm³/mol. The third-order valence-corrected chi connectivity index (χ3v) is 13.1. The molecule has 5 rings (SSSR count). The second-order valence-electron chi connectivity index (χ2n) is 17.4. The Balaban J connectivity index is 1.48. The molecule has 0 bridgehead atoms. The molecule has 33 nitrogen and oxygen atoms in total. The first-order chi connectivity index (χ1) is 33.9. The molecule has 5 fully saturated rings. The Hall–Kier alpha value is -2.40. The summed E-state index contributed by atoms with van der Waals surface area (Å²) in [7, 11) is -5.04. The average molecular weight is 1070 g/mol. The molecule has 5 aliphatic rings. The van der Waals surface area contributed by atoms with Crippen LogP contribution in [0.4, 0.5) is 0 Å². The predicted octanol–water partition coefficient (Wildman–Crippen LogP) is -11.4. The van der Waals surface area contributed by atoms with Gasteiger partial charge in [0.25, 0.3) is 0 Å². The topological polar surface area (TPSA) is 515 Å². The Kier molecular flexibility index (Phi) is 22.3. The molecule has 0 aromatic rings. The number of amides is 3. The maximum absolute atomic E-state index is 12.9. The first-order valence-electron chi connectivity index (χ1n) is 22.5. The van der Waals surface area contributed by atoms with Gasteiger partial charge in [-0.25, -0.2) is 4.57 Å². The molecule has 1 unspecified atom stereocenters. The summed E-state index contributed by atoms with van der Waals surface area (Å²) in [6.45, 7) is -2.65. The number of phosphoric acid groups is 1. The van der Waals surface area contributed by atoms with E-state index in [1.54, 1.807) is 0 Å². The van der Waals surface area contributed by atoms with Gasteiger partial charge in [0.2, 0.25) is 17.7 Å². The van der Waals surface area contributed by atoms with Crippen molar-refractivity contribution < 1.29 is 142 Å². The minimum atomic E-state index is -5.04. The molecular formula is C38H67N4O29P. The number of nitrogens with two attached hydrogens (primary N) is 1. The van der Waals surface area contributed by atoms with Crippen LogP contribution in [0.5, 0.6) is 0 Å². The number of hydrogen-bond donors (Lipinski definition) is 18. The Morgan fingerprint density at radius 3 is 1.35 bits per heavy atom. The van der Waals surface area contributed by atoms with E-state index in [0.717, 1.165) is 20.8 Å². The Morgan fingerprint density at radius 1 is 0.472 bits per heavy atom. The second kappa shape index (κ2) is 26.6. The molecular weight excluding hydrogens is 1010 g/mol. The fraction of sp³-hybridized carbons (Fsp3) is 0.921. The molecule has 5 heterocycles. The lowest BCUT2D eigenvalue weighted by atomic mass is 9.93. The zero-order valence-corrected chi connectivity index (χ0v) is 39.7. The molecule has 19 N–H and O–H groups in total. The summed E-state index contributed by atoms with van der Waals surface area (Å²) in [5, 5.41) is 147. The number of hydrogen-bond acceptors (Lipinski definition) is 29. The van der Waals surface area contributed by atoms with Crippen LogP contribution in [0.25, 0.3) is 0 Å². The molecule has 0 aromatic carbocycles. The van der Waals surface area contributed by atoms with Crippen molar-refractivity contribution in [1.29, 1.82) is 0 Å². The second-order valence-corrected chi connectivity index (χ2v) is 18.8. The van der Waals surface area contributed by atoms with E-state index >= 15 is 0 Å². The number of phosphoric ester groups is 1. The van der Waals surface area contributed by atoms with E-state index in [4.69, 9.17) is 57.4 Å². The van der Waals surface area contributed by atoms with Gasteiger partial charge in [-0.1, -0.05) is 0 Å². The Morgan fingerprint density at radius 2 is 0.861 bits per heavy atom. The minimum Gasteiger partial charge on any atom is -0.394 e. The van der Waals surface area contributed by atoms with Crippen LogP contribution in [0, 0.1) is 0 Å². The van der Waals surface area contributed by atoms with Crippen LogP contribution in [0.1, 0.15) is 20.8 Å². The monoisotopic (exact) mass is 1070 g/mol. The van der Waals surface area contributed by atoms with Crippen molar-refractivity contribution in [2.75, 3.05) is 46.2 Å². The number of ether oxygens (including phenoxy) is 9. The number of carbonyl (C=O) groups excluding carboxylic acids is 3. The van der Waals surface area contributed by atoms with Gasteiger partial charge < -0.3 is 136 Å². The third-order valence-electron chi connectivity index (χ3n) is 12.1. The summed E-state index contributed by atoms with van der Waals surface area (Å²) in [5.74, 6) is -2.49. The van der Waals surface area contributed by atoms with E-state index in [0.29, 0.717) is 0 Å². The largest absolute Gasteiger partial charge is 0.472 e. The first kappa shape index (κ1) is 60.5. The average Bonchev–Trinajstić information content (AvgIpc) is 3.32. The number of rotatable bonds is 21. The molecule has 0 saturated carbocycles. The van der Waals surface area contributed by atoms with Crippen molar-refractivity contribution in [3.63, 3.8) is 0 Å². The number of aliphatic hydroxyl groups is 13. The molecule has 5 saturated heterocycles. The lowest BCUT2D eigenvalue weighted by molar-refractivity contribution is -0.379. The summed E-state index contributed by atoms with van der Waals surface area (Å²) in [4.78, 5) is 48.0. The number of aliphatic hydroxyl groups excluding tert-OH is 13. The van der Waals surface area contributed by atoms with Crippen LogP contribution < -0.4 is 21.7 Å². The van der Waals surface area contributed by atoms with Crippen molar-refractivity contribution in [1.82, 2.24) is 16.0 Å².